The van der Waals surface area contributed by atoms with Gasteiger partial charge >= 0.3 is 18.1 Å². The Kier molecular flexibility index (Phi) is 38.9. The highest BCUT2D eigenvalue weighted by Crippen LogP contribution is 2.53. The molecule has 4 bridgehead atoms. The summed E-state index contributed by atoms with van der Waals surface area (Å²) in [7, 11) is 8.13. The van der Waals surface area contributed by atoms with Crippen LogP contribution in [0.3, 0.4) is 0 Å². The first-order chi connectivity index (χ1) is 71.4. The van der Waals surface area contributed by atoms with Gasteiger partial charge in [0.25, 0.3) is 5.91 Å². The van der Waals surface area contributed by atoms with E-state index in [9.17, 15) is 49.8 Å². The van der Waals surface area contributed by atoms with E-state index in [1.165, 1.54) is 0 Å². The van der Waals surface area contributed by atoms with E-state index < -0.39 is 193 Å². The van der Waals surface area contributed by atoms with Crippen molar-refractivity contribution in [2.45, 2.75) is 434 Å². The SMILES string of the molecule is CCOC(=O)OC1=C(c2cc(C)ccc2C)C(=O)N[C@]12CC[C@@H](OC)CC2.CC[C@H](C)[C@H]1O[C@]2(C=C[C@@H]1C)C[C@@H]1C[C@@H](C/C=C(\C)[C@@H](O[C@H]3C[C@H](OC)[C@@H](O[C@H]4C[C@H](OC)[C@@H](O)[C@H](C)O4)[C@H](C)O3)[C@@H](C)/C=C/C=C3\CO[C@@H]4[C@H](O)C(C)=C[C@@H](C(=O)O1)[C@]34O)O2.CO[C@H]1C[C@H](O[C@H]2[C@H](C)O[C@@H](O[C@@H]3/C(C)=C/C[C@@H]4C[C@@H](C[C@]5(C=C[C@H](C)[C@@H](C(C)C)O5)O4)OC(=O)[C@@H]4C=C(C)[C@@H](O)[C@H]5OC/C(=C\C=C\[C@@H]3C)[C@]54O)C[C@@H]2OC)O[C@@H](C)[C@@H]1O. The van der Waals surface area contributed by atoms with Crippen molar-refractivity contribution in [3.63, 3.8) is 0 Å². The average Bonchev–Trinajstić information content (AvgIpc) is 1.62. The molecule has 34 nitrogen and oxygen atoms in total. The minimum Gasteiger partial charge on any atom is -0.462 e. The first kappa shape index (κ1) is 117. The van der Waals surface area contributed by atoms with Crippen molar-refractivity contribution in [1.82, 2.24) is 5.32 Å². The molecule has 150 heavy (non-hydrogen) atoms. The fourth-order valence-electron chi connectivity index (χ4n) is 25.0. The number of aryl methyl sites for hydroxylation is 2. The summed E-state index contributed by atoms with van der Waals surface area (Å²) < 4.78 is 143. The number of rotatable bonds is 19. The highest BCUT2D eigenvalue weighted by Gasteiger charge is 2.64. The second-order valence-electron chi connectivity index (χ2n) is 45.0. The highest BCUT2D eigenvalue weighted by atomic mass is 16.8. The molecule has 1 aromatic rings. The molecule has 0 aromatic heterocycles. The molecule has 1 saturated carbocycles. The number of aliphatic hydroxyl groups excluding tert-OH is 4. The normalized spacial score (nSPS) is 44.8. The Labute approximate surface area is 884 Å². The molecule has 34 heteroatoms. The van der Waals surface area contributed by atoms with Crippen molar-refractivity contribution >= 4 is 29.6 Å². The lowest BCUT2D eigenvalue weighted by Gasteiger charge is -2.48. The second-order valence-corrected chi connectivity index (χ2v) is 45.0. The third kappa shape index (κ3) is 25.4. The van der Waals surface area contributed by atoms with E-state index in [0.29, 0.717) is 111 Å². The fraction of sp³-hybridized carbons (Fsp3) is 0.724. The molecule has 1 aromatic carbocycles. The van der Waals surface area contributed by atoms with Crippen molar-refractivity contribution in [1.29, 1.82) is 0 Å². The van der Waals surface area contributed by atoms with Gasteiger partial charge < -0.3 is 145 Å². The number of amides is 1. The van der Waals surface area contributed by atoms with Gasteiger partial charge in [-0.1, -0.05) is 158 Å². The molecule has 16 aliphatic rings. The number of hydrogen-bond acceptors (Lipinski definition) is 33. The number of fused-ring (bicyclic) bond motifs is 4. The maximum Gasteiger partial charge on any atom is 0.513 e. The third-order valence-electron chi connectivity index (χ3n) is 33.9. The zero-order valence-corrected chi connectivity index (χ0v) is 92.1. The van der Waals surface area contributed by atoms with Crippen molar-refractivity contribution in [2.75, 3.05) is 55.4 Å². The van der Waals surface area contributed by atoms with Gasteiger partial charge in [-0.3, -0.25) is 14.4 Å². The van der Waals surface area contributed by atoms with E-state index in [2.05, 4.69) is 85.0 Å². The van der Waals surface area contributed by atoms with Crippen LogP contribution in [0, 0.1) is 61.2 Å². The summed E-state index contributed by atoms with van der Waals surface area (Å²) >= 11 is 0. The van der Waals surface area contributed by atoms with E-state index in [0.717, 1.165) is 47.1 Å². The van der Waals surface area contributed by atoms with Crippen LogP contribution in [0.5, 0.6) is 0 Å². The monoisotopic (exact) mass is 2100 g/mol. The quantitative estimate of drug-likeness (QED) is 0.0384. The first-order valence-corrected chi connectivity index (χ1v) is 54.6. The Bertz CT molecular complexity index is 5160. The van der Waals surface area contributed by atoms with Gasteiger partial charge in [-0.2, -0.15) is 0 Å². The largest absolute Gasteiger partial charge is 0.513 e. The Morgan fingerprint density at radius 3 is 1.37 bits per heavy atom. The molecule has 3 spiro atoms. The number of allylic oxidation sites excluding steroid dienone is 4. The summed E-state index contributed by atoms with van der Waals surface area (Å²) in [6.45, 7) is 37.9. The number of carbonyl (C=O) groups excluding carboxylic acids is 4. The summed E-state index contributed by atoms with van der Waals surface area (Å²) in [6.07, 6.45) is 18.3. The van der Waals surface area contributed by atoms with Crippen LogP contribution in [-0.2, 0) is 123 Å². The van der Waals surface area contributed by atoms with E-state index in [-0.39, 0.29) is 104 Å². The summed E-state index contributed by atoms with van der Waals surface area (Å²) in [4.78, 5) is 53.8. The number of methoxy groups -OCH3 is 5. The minimum atomic E-state index is -1.84. The van der Waals surface area contributed by atoms with Gasteiger partial charge in [0, 0.05) is 111 Å². The molecule has 13 heterocycles. The highest BCUT2D eigenvalue weighted by molar-refractivity contribution is 6.24. The average molecular weight is 2110 g/mol. The van der Waals surface area contributed by atoms with Crippen LogP contribution in [0.1, 0.15) is 231 Å². The summed E-state index contributed by atoms with van der Waals surface area (Å²) in [5.41, 5.74) is 2.79. The van der Waals surface area contributed by atoms with Crippen LogP contribution < -0.4 is 5.32 Å². The number of nitrogens with one attached hydrogen (secondary N) is 1. The van der Waals surface area contributed by atoms with Crippen LogP contribution in [0.2, 0.25) is 0 Å². The topological polar surface area (TPSA) is 414 Å². The fourth-order valence-corrected chi connectivity index (χ4v) is 25.0. The van der Waals surface area contributed by atoms with Gasteiger partial charge in [0.15, 0.2) is 36.7 Å². The summed E-state index contributed by atoms with van der Waals surface area (Å²) in [6, 6.07) is 5.93. The Hall–Kier alpha value is -6.96. The van der Waals surface area contributed by atoms with Crippen molar-refractivity contribution in [3.05, 3.63) is 159 Å². The summed E-state index contributed by atoms with van der Waals surface area (Å²) in [5.74, 6) is -5.01. The molecule has 1 amide bonds. The molecule has 39 atom stereocenters. The summed E-state index contributed by atoms with van der Waals surface area (Å²) in [5, 5.41) is 71.5. The number of esters is 2. The van der Waals surface area contributed by atoms with Crippen LogP contribution in [-0.4, -0.2) is 316 Å². The molecule has 9 fully saturated rings. The Morgan fingerprint density at radius 2 is 0.940 bits per heavy atom. The van der Waals surface area contributed by atoms with Crippen molar-refractivity contribution < 1.29 is 159 Å². The zero-order chi connectivity index (χ0) is 108. The number of benzene rings is 1. The minimum absolute atomic E-state index is 0.0313. The Balaban J connectivity index is 0.000000181. The van der Waals surface area contributed by atoms with Gasteiger partial charge in [0.05, 0.1) is 122 Å². The van der Waals surface area contributed by atoms with E-state index in [4.69, 9.17) is 109 Å². The van der Waals surface area contributed by atoms with E-state index >= 15 is 0 Å². The predicted octanol–water partition coefficient (Wildman–Crippen LogP) is 14.0. The molecule has 7 N–H and O–H groups in total. The van der Waals surface area contributed by atoms with Crippen molar-refractivity contribution in [3.8, 4) is 0 Å². The molecule has 0 unspecified atom stereocenters. The molecule has 17 rings (SSSR count). The smallest absolute Gasteiger partial charge is 0.462 e. The maximum atomic E-state index is 14.3. The molecular formula is C116H169NO33. The lowest BCUT2D eigenvalue weighted by atomic mass is 9.71. The Morgan fingerprint density at radius 1 is 0.507 bits per heavy atom. The number of carbonyl (C=O) groups is 4. The number of hydrogen-bond donors (Lipinski definition) is 7. The standard InChI is InChI=1S/C48H72O14.C47H70O14.C21H27NO5/c1-11-25(2)43-28(5)17-18-47(62-43)23-34-20-33(61-47)16-15-27(4)42(26(3)13-12-14-32-24-55-45-40(49)29(6)19-35(46(51)58-34)48(32,45)52)59-39-22-37(54-10)44(31(8)57-39)60-38-21-36(53-9)41(50)30(7)56-38;1-24(2)41-27(5)16-17-46(61-41)22-33-19-32(60-46)15-14-26(4)42(25(3)12-11-13-31-23-54-44-39(48)28(6)18-34(45(50)57-33)47(31,44)51)58-38-21-36(53-10)43(30(8)56-38)59-37-20-35(52-9)40(49)29(7)55-37;1-5-26-20(24)27-18-17(16-12-13(2)6-7-14(16)3)19(23)22-21(18)10-8-15(25-4)9-11-21/h12-15,17-19,25-26,28,30-31,33-45,49-50,52H,11,16,20-24H2,1-10H3;11-14,16-18,24-25,27,29-30,32-44,48-49,51H,15,19-23H2,1-10H3;6-7,12,15H,5,8-11H2,1-4H3,(H,22,23)/b13-12+,27-15+,32-14+;12-11+,26-14+,31-13+;/t25-,26-,28-,30-,31-,33+,34-,35-,36-,37-,38-,39-,40+,41-,42-,43+,44-,45+,47+,48+;25-,27-,29-,30-,32+,33-,34-,35-,36-,37-,38-,39+,40-,41+,42-,43-,44+,46+,47+;15-,21+/m00./s1. The third-order valence-corrected chi connectivity index (χ3v) is 33.9. The van der Waals surface area contributed by atoms with Gasteiger partial charge in [-0.05, 0) is 183 Å². The van der Waals surface area contributed by atoms with Crippen LogP contribution >= 0.6 is 0 Å². The van der Waals surface area contributed by atoms with Crippen LogP contribution in [0.25, 0.3) is 5.57 Å². The predicted molar refractivity (Wildman–Crippen MR) is 551 cm³/mol. The molecular weight excluding hydrogens is 1940 g/mol. The molecule has 0 radical (unpaired) electrons. The van der Waals surface area contributed by atoms with Crippen LogP contribution in [0.4, 0.5) is 4.79 Å². The van der Waals surface area contributed by atoms with Gasteiger partial charge in [0.2, 0.25) is 0 Å². The number of aliphatic hydroxyl groups is 6. The van der Waals surface area contributed by atoms with Gasteiger partial charge in [0.1, 0.15) is 89.8 Å². The second kappa shape index (κ2) is 49.9. The van der Waals surface area contributed by atoms with E-state index in [1.54, 1.807) is 94.5 Å². The van der Waals surface area contributed by atoms with Crippen molar-refractivity contribution in [2.24, 2.45) is 47.3 Å². The number of ether oxygens (including phenoxy) is 23. The lowest BCUT2D eigenvalue weighted by molar-refractivity contribution is -0.318. The molecule has 13 aliphatic heterocycles. The maximum absolute atomic E-state index is 14.3. The molecule has 8 saturated heterocycles. The van der Waals surface area contributed by atoms with Crippen LogP contribution in [0.15, 0.2) is 142 Å². The first-order valence-electron chi connectivity index (χ1n) is 54.6. The molecule has 3 aliphatic carbocycles. The van der Waals surface area contributed by atoms with Gasteiger partial charge in [-0.25, -0.2) is 4.79 Å². The molecule has 836 valence electrons. The lowest BCUT2D eigenvalue weighted by Crippen LogP contribution is -2.58. The van der Waals surface area contributed by atoms with E-state index in [1.807, 2.05) is 96.2 Å². The van der Waals surface area contributed by atoms with Gasteiger partial charge in [-0.15, -0.1) is 0 Å². The zero-order valence-electron chi connectivity index (χ0n) is 92.1.